The van der Waals surface area contributed by atoms with Gasteiger partial charge in [-0.1, -0.05) is 108 Å². The Labute approximate surface area is 225 Å². The van der Waals surface area contributed by atoms with Crippen molar-refractivity contribution in [3.63, 3.8) is 0 Å². The van der Waals surface area contributed by atoms with E-state index < -0.39 is 8.32 Å². The molecule has 0 bridgehead atoms. The second-order valence-electron chi connectivity index (χ2n) is 12.3. The number of carbonyl (C=O) groups is 1. The van der Waals surface area contributed by atoms with Crippen molar-refractivity contribution in [2.45, 2.75) is 85.1 Å². The zero-order chi connectivity index (χ0) is 26.7. The van der Waals surface area contributed by atoms with Crippen molar-refractivity contribution in [1.82, 2.24) is 0 Å². The van der Waals surface area contributed by atoms with Crippen molar-refractivity contribution in [3.05, 3.63) is 83.6 Å². The number of carbonyl (C=O) groups excluding carboxylic acids is 1. The molecule has 4 rings (SSSR count). The molecule has 0 N–H and O–H groups in total. The Hall–Kier alpha value is -2.43. The highest BCUT2D eigenvalue weighted by Gasteiger charge is 2.50. The third-order valence-corrected chi connectivity index (χ3v) is 13.4. The number of allylic oxidation sites excluding steroid dienone is 3. The molecule has 0 fully saturated rings. The summed E-state index contributed by atoms with van der Waals surface area (Å²) < 4.78 is 13.0. The van der Waals surface area contributed by atoms with Crippen LogP contribution >= 0.6 is 0 Å². The average molecular weight is 517 g/mol. The smallest absolute Gasteiger partial charge is 0.311 e. The number of benzene rings is 2. The van der Waals surface area contributed by atoms with Crippen LogP contribution in [0.1, 0.15) is 80.1 Å². The molecule has 2 aliphatic carbocycles. The lowest BCUT2D eigenvalue weighted by molar-refractivity contribution is -0.139. The predicted octanol–water partition coefficient (Wildman–Crippen LogP) is 7.32. The van der Waals surface area contributed by atoms with Crippen LogP contribution in [0.4, 0.5) is 0 Å². The summed E-state index contributed by atoms with van der Waals surface area (Å²) in [6, 6.07) is 21.3. The summed E-state index contributed by atoms with van der Waals surface area (Å²) in [6.45, 7) is 14.2. The van der Waals surface area contributed by atoms with Gasteiger partial charge in [0.15, 0.2) is 0 Å². The van der Waals surface area contributed by atoms with E-state index in [1.54, 1.807) is 0 Å². The zero-order valence-corrected chi connectivity index (χ0v) is 24.6. The fourth-order valence-electron chi connectivity index (χ4n) is 6.42. The van der Waals surface area contributed by atoms with Crippen LogP contribution in [0.5, 0.6) is 0 Å². The summed E-state index contributed by atoms with van der Waals surface area (Å²) in [6.07, 6.45) is 7.54. The van der Waals surface area contributed by atoms with Crippen molar-refractivity contribution in [1.29, 1.82) is 0 Å². The van der Waals surface area contributed by atoms with Crippen molar-refractivity contribution in [3.8, 4) is 0 Å². The number of hydrogen-bond acceptors (Lipinski definition) is 3. The Balaban J connectivity index is 1.47. The number of esters is 1. The van der Waals surface area contributed by atoms with Crippen LogP contribution in [0.3, 0.4) is 0 Å². The van der Waals surface area contributed by atoms with E-state index in [1.807, 2.05) is 0 Å². The molecule has 37 heavy (non-hydrogen) atoms. The second kappa shape index (κ2) is 11.1. The molecule has 4 heteroatoms. The molecule has 3 nitrogen and oxygen atoms in total. The molecule has 0 radical (unpaired) electrons. The largest absolute Gasteiger partial charge is 0.427 e. The third-order valence-electron chi connectivity index (χ3n) is 8.32. The summed E-state index contributed by atoms with van der Waals surface area (Å²) in [4.78, 5) is 13.0. The Morgan fingerprint density at radius 3 is 2.11 bits per heavy atom. The molecule has 0 saturated heterocycles. The monoisotopic (exact) mass is 516 g/mol. The van der Waals surface area contributed by atoms with Crippen LogP contribution in [-0.2, 0) is 14.0 Å². The van der Waals surface area contributed by atoms with Crippen LogP contribution in [0.25, 0.3) is 0 Å². The lowest BCUT2D eigenvalue weighted by Crippen LogP contribution is -2.66. The number of fused-ring (bicyclic) bond motifs is 1. The van der Waals surface area contributed by atoms with E-state index in [0.717, 1.165) is 31.4 Å². The van der Waals surface area contributed by atoms with Gasteiger partial charge in [0.25, 0.3) is 8.32 Å². The van der Waals surface area contributed by atoms with Gasteiger partial charge in [-0.2, -0.15) is 0 Å². The van der Waals surface area contributed by atoms with E-state index in [2.05, 4.69) is 108 Å². The van der Waals surface area contributed by atoms with Gasteiger partial charge in [-0.25, -0.2) is 0 Å². The van der Waals surface area contributed by atoms with Gasteiger partial charge >= 0.3 is 5.97 Å². The van der Waals surface area contributed by atoms with Gasteiger partial charge in [0.2, 0.25) is 0 Å². The molecule has 198 valence electrons. The molecule has 0 amide bonds. The van der Waals surface area contributed by atoms with Crippen molar-refractivity contribution >= 4 is 24.7 Å². The summed E-state index contributed by atoms with van der Waals surface area (Å²) in [7, 11) is -2.58. The summed E-state index contributed by atoms with van der Waals surface area (Å²) in [5.74, 6) is 1.16. The van der Waals surface area contributed by atoms with Crippen molar-refractivity contribution < 1.29 is 14.0 Å². The Morgan fingerprint density at radius 2 is 1.57 bits per heavy atom. The summed E-state index contributed by atoms with van der Waals surface area (Å²) in [5.41, 5.74) is 2.93. The summed E-state index contributed by atoms with van der Waals surface area (Å²) >= 11 is 0. The predicted molar refractivity (Wildman–Crippen MR) is 155 cm³/mol. The first-order valence-electron chi connectivity index (χ1n) is 14.0. The highest BCUT2D eigenvalue weighted by molar-refractivity contribution is 6.99. The number of ether oxygens (including phenoxy) is 1. The van der Waals surface area contributed by atoms with Crippen molar-refractivity contribution in [2.24, 2.45) is 11.3 Å². The standard InChI is InChI=1S/C33H44O3Si/c1-25(2)28-21-23-33(6)22-13-19-29(31(28)33)36-30(34)20-14-24-35-37(32(3,4)5,26-15-9-7-10-16-26)27-17-11-8-12-18-27/h7-12,15-19,25H,13-14,20-24H2,1-6H3. The maximum Gasteiger partial charge on any atom is 0.311 e. The zero-order valence-electron chi connectivity index (χ0n) is 23.6. The molecular weight excluding hydrogens is 472 g/mol. The van der Waals surface area contributed by atoms with Crippen LogP contribution in [0.2, 0.25) is 5.04 Å². The normalized spacial score (nSPS) is 20.1. The Kier molecular flexibility index (Phi) is 8.30. The minimum atomic E-state index is -2.58. The highest BCUT2D eigenvalue weighted by atomic mass is 28.4. The molecule has 2 aromatic rings. The quantitative estimate of drug-likeness (QED) is 0.199. The fourth-order valence-corrected chi connectivity index (χ4v) is 11.0. The van der Waals surface area contributed by atoms with Gasteiger partial charge in [-0.05, 0) is 70.5 Å². The lowest BCUT2D eigenvalue weighted by atomic mass is 9.74. The first-order chi connectivity index (χ1) is 17.6. The van der Waals surface area contributed by atoms with E-state index in [9.17, 15) is 4.79 Å². The fraction of sp³-hybridized carbons (Fsp3) is 0.485. The van der Waals surface area contributed by atoms with Gasteiger partial charge in [-0.3, -0.25) is 4.79 Å². The minimum Gasteiger partial charge on any atom is -0.427 e. The van der Waals surface area contributed by atoms with Gasteiger partial charge < -0.3 is 9.16 Å². The molecule has 0 heterocycles. The number of hydrogen-bond donors (Lipinski definition) is 0. The molecule has 0 saturated carbocycles. The molecule has 0 spiro atoms. The second-order valence-corrected chi connectivity index (χ2v) is 16.6. The van der Waals surface area contributed by atoms with Gasteiger partial charge in [0, 0.05) is 13.0 Å². The molecule has 1 unspecified atom stereocenters. The lowest BCUT2D eigenvalue weighted by Gasteiger charge is -2.43. The maximum absolute atomic E-state index is 13.0. The minimum absolute atomic E-state index is 0.0736. The van der Waals surface area contributed by atoms with E-state index in [-0.39, 0.29) is 16.4 Å². The third kappa shape index (κ3) is 5.56. The molecular formula is C33H44O3Si. The first-order valence-corrected chi connectivity index (χ1v) is 15.9. The van der Waals surface area contributed by atoms with Gasteiger partial charge in [0.1, 0.15) is 5.76 Å². The van der Waals surface area contributed by atoms with Crippen LogP contribution < -0.4 is 10.4 Å². The molecule has 1 atom stereocenters. The maximum atomic E-state index is 13.0. The first kappa shape index (κ1) is 27.6. The summed E-state index contributed by atoms with van der Waals surface area (Å²) in [5, 5.41) is 2.45. The Bertz CT molecular complexity index is 1100. The molecule has 0 aromatic heterocycles. The van der Waals surface area contributed by atoms with Gasteiger partial charge in [-0.15, -0.1) is 0 Å². The van der Waals surface area contributed by atoms with Gasteiger partial charge in [0.05, 0.1) is 0 Å². The number of rotatable bonds is 9. The van der Waals surface area contributed by atoms with E-state index in [4.69, 9.17) is 9.16 Å². The van der Waals surface area contributed by atoms with Crippen LogP contribution in [-0.4, -0.2) is 20.9 Å². The topological polar surface area (TPSA) is 35.5 Å². The molecule has 2 aromatic carbocycles. The van der Waals surface area contributed by atoms with E-state index >= 15 is 0 Å². The van der Waals surface area contributed by atoms with E-state index in [1.165, 1.54) is 21.5 Å². The average Bonchev–Trinajstić information content (AvgIpc) is 3.23. The van der Waals surface area contributed by atoms with Crippen LogP contribution in [0, 0.1) is 11.3 Å². The van der Waals surface area contributed by atoms with Crippen LogP contribution in [0.15, 0.2) is 83.6 Å². The Morgan fingerprint density at radius 1 is 0.973 bits per heavy atom. The molecule has 2 aliphatic rings. The van der Waals surface area contributed by atoms with E-state index in [0.29, 0.717) is 25.4 Å². The highest BCUT2D eigenvalue weighted by Crippen LogP contribution is 2.53. The molecule has 0 aliphatic heterocycles. The SMILES string of the molecule is CC(C)C1=C2C(OC(=O)CCCO[Si](c3ccccc3)(c3ccccc3)C(C)(C)C)=CCCC2(C)CC1. The van der Waals surface area contributed by atoms with Crippen molar-refractivity contribution in [2.75, 3.05) is 6.61 Å².